The fraction of sp³-hybridized carbons (Fsp3) is 0.727. The summed E-state index contributed by atoms with van der Waals surface area (Å²) in [5.74, 6) is 0. The second kappa shape index (κ2) is 3.85. The van der Waals surface area contributed by atoms with Crippen molar-refractivity contribution in [3.8, 4) is 0 Å². The maximum atomic E-state index is 10.5. The lowest BCUT2D eigenvalue weighted by atomic mass is 9.82. The molecule has 0 aromatic carbocycles. The van der Waals surface area contributed by atoms with Crippen LogP contribution < -0.4 is 0 Å². The smallest absolute Gasteiger partial charge is 0.0794 e. The van der Waals surface area contributed by atoms with E-state index in [4.69, 9.17) is 4.74 Å². The van der Waals surface area contributed by atoms with E-state index in [1.54, 1.807) is 11.3 Å². The van der Waals surface area contributed by atoms with Gasteiger partial charge < -0.3 is 9.84 Å². The summed E-state index contributed by atoms with van der Waals surface area (Å²) in [7, 11) is 0. The van der Waals surface area contributed by atoms with Crippen LogP contribution in [0, 0.1) is 0 Å². The molecule has 84 valence electrons. The first-order valence-corrected chi connectivity index (χ1v) is 6.11. The van der Waals surface area contributed by atoms with Crippen LogP contribution in [0.15, 0.2) is 11.7 Å². The Bertz CT molecular complexity index is 323. The van der Waals surface area contributed by atoms with E-state index in [2.05, 4.69) is 4.98 Å². The van der Waals surface area contributed by atoms with Crippen molar-refractivity contribution in [2.24, 2.45) is 0 Å². The zero-order valence-corrected chi connectivity index (χ0v) is 10.0. The molecular formula is C11H17NO2S. The van der Waals surface area contributed by atoms with Crippen molar-refractivity contribution in [2.45, 2.75) is 44.3 Å². The number of hydrogen-bond acceptors (Lipinski definition) is 4. The van der Waals surface area contributed by atoms with Gasteiger partial charge in [0.05, 0.1) is 23.3 Å². The van der Waals surface area contributed by atoms with E-state index in [9.17, 15) is 5.11 Å². The second-order valence-electron chi connectivity index (χ2n) is 4.90. The molecule has 1 aliphatic rings. The normalized spacial score (nSPS) is 30.3. The molecule has 1 atom stereocenters. The number of aromatic nitrogens is 1. The third kappa shape index (κ3) is 2.77. The largest absolute Gasteiger partial charge is 0.389 e. The maximum absolute atomic E-state index is 10.5. The van der Waals surface area contributed by atoms with E-state index in [-0.39, 0.29) is 5.60 Å². The number of aliphatic hydroxyl groups is 1. The Morgan fingerprint density at radius 2 is 2.40 bits per heavy atom. The van der Waals surface area contributed by atoms with Crippen LogP contribution in [0.2, 0.25) is 0 Å². The van der Waals surface area contributed by atoms with E-state index in [0.717, 1.165) is 4.88 Å². The van der Waals surface area contributed by atoms with E-state index in [1.165, 1.54) is 0 Å². The molecule has 2 heterocycles. The van der Waals surface area contributed by atoms with Gasteiger partial charge in [0.2, 0.25) is 0 Å². The number of rotatable bonds is 2. The minimum atomic E-state index is -0.617. The van der Waals surface area contributed by atoms with E-state index in [1.807, 2.05) is 25.6 Å². The van der Waals surface area contributed by atoms with Gasteiger partial charge in [-0.2, -0.15) is 0 Å². The van der Waals surface area contributed by atoms with Crippen LogP contribution in [0.3, 0.4) is 0 Å². The standard InChI is InChI=1S/C11H17NO2S/c1-10(2)7-11(13,3-4-14-10)5-9-6-12-8-15-9/h6,8,13H,3-5,7H2,1-2H3. The first-order valence-electron chi connectivity index (χ1n) is 5.23. The van der Waals surface area contributed by atoms with E-state index in [0.29, 0.717) is 25.9 Å². The quantitative estimate of drug-likeness (QED) is 0.840. The lowest BCUT2D eigenvalue weighted by molar-refractivity contribution is -0.143. The Morgan fingerprint density at radius 3 is 3.00 bits per heavy atom. The highest BCUT2D eigenvalue weighted by Crippen LogP contribution is 2.34. The molecule has 0 amide bonds. The summed E-state index contributed by atoms with van der Waals surface area (Å²) in [6.07, 6.45) is 3.95. The van der Waals surface area contributed by atoms with Crippen LogP contribution in [0.25, 0.3) is 0 Å². The Kier molecular flexibility index (Phi) is 2.83. The monoisotopic (exact) mass is 227 g/mol. The van der Waals surface area contributed by atoms with Gasteiger partial charge in [0.25, 0.3) is 0 Å². The number of nitrogens with zero attached hydrogens (tertiary/aromatic N) is 1. The topological polar surface area (TPSA) is 42.4 Å². The molecule has 0 aliphatic carbocycles. The molecule has 1 aromatic heterocycles. The third-order valence-corrected chi connectivity index (χ3v) is 3.58. The molecule has 0 saturated carbocycles. The molecule has 1 N–H and O–H groups in total. The first-order chi connectivity index (χ1) is 6.99. The second-order valence-corrected chi connectivity index (χ2v) is 5.87. The van der Waals surface area contributed by atoms with Crippen molar-refractivity contribution in [3.63, 3.8) is 0 Å². The average molecular weight is 227 g/mol. The number of hydrogen-bond donors (Lipinski definition) is 1. The lowest BCUT2D eigenvalue weighted by Gasteiger charge is -2.41. The molecule has 3 nitrogen and oxygen atoms in total. The summed E-state index contributed by atoms with van der Waals surface area (Å²) in [5, 5.41) is 10.5. The van der Waals surface area contributed by atoms with Gasteiger partial charge in [-0.3, -0.25) is 4.98 Å². The highest BCUT2D eigenvalue weighted by atomic mass is 32.1. The fourth-order valence-electron chi connectivity index (χ4n) is 2.25. The van der Waals surface area contributed by atoms with Gasteiger partial charge in [-0.1, -0.05) is 0 Å². The summed E-state index contributed by atoms with van der Waals surface area (Å²) in [6, 6.07) is 0. The Labute approximate surface area is 94.1 Å². The summed E-state index contributed by atoms with van der Waals surface area (Å²) < 4.78 is 5.61. The van der Waals surface area contributed by atoms with Gasteiger partial charge in [0.1, 0.15) is 0 Å². The van der Waals surface area contributed by atoms with Gasteiger partial charge >= 0.3 is 0 Å². The minimum Gasteiger partial charge on any atom is -0.389 e. The zero-order chi connectivity index (χ0) is 10.9. The summed E-state index contributed by atoms with van der Waals surface area (Å²) in [4.78, 5) is 5.18. The molecule has 0 radical (unpaired) electrons. The zero-order valence-electron chi connectivity index (χ0n) is 9.19. The van der Waals surface area contributed by atoms with Crippen LogP contribution in [0.5, 0.6) is 0 Å². The number of thiazole rings is 1. The van der Waals surface area contributed by atoms with Crippen molar-refractivity contribution in [3.05, 3.63) is 16.6 Å². The minimum absolute atomic E-state index is 0.211. The Balaban J connectivity index is 2.06. The summed E-state index contributed by atoms with van der Waals surface area (Å²) in [5.41, 5.74) is 0.981. The molecule has 1 saturated heterocycles. The molecular weight excluding hydrogens is 210 g/mol. The van der Waals surface area contributed by atoms with Crippen molar-refractivity contribution in [2.75, 3.05) is 6.61 Å². The number of ether oxygens (including phenoxy) is 1. The maximum Gasteiger partial charge on any atom is 0.0794 e. The highest BCUT2D eigenvalue weighted by molar-refractivity contribution is 7.09. The Hall–Kier alpha value is -0.450. The predicted octanol–water partition coefficient (Wildman–Crippen LogP) is 2.01. The summed E-state index contributed by atoms with van der Waals surface area (Å²) in [6.45, 7) is 4.70. The first kappa shape index (κ1) is 11.0. The van der Waals surface area contributed by atoms with Gasteiger partial charge in [0, 0.05) is 23.9 Å². The van der Waals surface area contributed by atoms with Crippen molar-refractivity contribution < 1.29 is 9.84 Å². The predicted molar refractivity (Wildman–Crippen MR) is 60.0 cm³/mol. The van der Waals surface area contributed by atoms with Crippen LogP contribution in [0.4, 0.5) is 0 Å². The van der Waals surface area contributed by atoms with Gasteiger partial charge in [-0.15, -0.1) is 11.3 Å². The van der Waals surface area contributed by atoms with Crippen LogP contribution >= 0.6 is 11.3 Å². The van der Waals surface area contributed by atoms with Gasteiger partial charge in [-0.05, 0) is 20.3 Å². The van der Waals surface area contributed by atoms with Gasteiger partial charge in [0.15, 0.2) is 0 Å². The molecule has 4 heteroatoms. The third-order valence-electron chi connectivity index (χ3n) is 2.80. The SMILES string of the molecule is CC1(C)CC(O)(Cc2cncs2)CCO1. The molecule has 1 aromatic rings. The van der Waals surface area contributed by atoms with Crippen molar-refractivity contribution in [1.29, 1.82) is 0 Å². The van der Waals surface area contributed by atoms with E-state index >= 15 is 0 Å². The molecule has 0 bridgehead atoms. The molecule has 1 fully saturated rings. The molecule has 2 rings (SSSR count). The fourth-order valence-corrected chi connectivity index (χ4v) is 2.98. The molecule has 1 unspecified atom stereocenters. The molecule has 0 spiro atoms. The molecule has 15 heavy (non-hydrogen) atoms. The Morgan fingerprint density at radius 1 is 1.60 bits per heavy atom. The summed E-state index contributed by atoms with van der Waals surface area (Å²) >= 11 is 1.60. The van der Waals surface area contributed by atoms with Crippen LogP contribution in [-0.2, 0) is 11.2 Å². The molecule has 1 aliphatic heterocycles. The van der Waals surface area contributed by atoms with Crippen molar-refractivity contribution >= 4 is 11.3 Å². The van der Waals surface area contributed by atoms with E-state index < -0.39 is 5.60 Å². The van der Waals surface area contributed by atoms with Crippen LogP contribution in [-0.4, -0.2) is 27.9 Å². The van der Waals surface area contributed by atoms with Crippen molar-refractivity contribution in [1.82, 2.24) is 4.98 Å². The average Bonchev–Trinajstić information content (AvgIpc) is 2.52. The highest BCUT2D eigenvalue weighted by Gasteiger charge is 2.39. The van der Waals surface area contributed by atoms with Crippen LogP contribution in [0.1, 0.15) is 31.6 Å². The lowest BCUT2D eigenvalue weighted by Crippen LogP contribution is -2.47. The van der Waals surface area contributed by atoms with Gasteiger partial charge in [-0.25, -0.2) is 0 Å².